The number of nitrogens with one attached hydrogen (secondary N) is 1. The standard InChI is InChI=1S/C44H33Cl2N3O9/c1-58-25-11-7-22(8-12-25)44-32(40(53)49(43(44)57)47-34-17-9-23(45)18-33(34)46)20-31-27(37(44)30-13-6-21-4-2-3-5-26(21)38(30)51)15-16-29-36(31)41(54)48(39(29)52)24-10-14-28(42(55)56)35(50)19-24/h2-15,17-19,29,31-32,36-37,47,50-51H,16,20H2,1H3,(H,55,56)/t29-,31+,32-,36-,37+,44+/m0/s1. The largest absolute Gasteiger partial charge is 0.507 e. The Bertz CT molecular complexity index is 2670. The van der Waals surface area contributed by atoms with E-state index in [0.29, 0.717) is 32.9 Å². The number of nitrogens with zero attached hydrogens (tertiary/aromatic N) is 2. The molecule has 0 aromatic heterocycles. The number of carbonyl (C=O) groups is 5. The van der Waals surface area contributed by atoms with Crippen molar-refractivity contribution in [3.05, 3.63) is 135 Å². The molecular formula is C44H33Cl2N3O9. The van der Waals surface area contributed by atoms with Crippen molar-refractivity contribution in [3.8, 4) is 17.2 Å². The molecule has 5 aromatic rings. The number of fused-ring (bicyclic) bond motifs is 5. The van der Waals surface area contributed by atoms with Gasteiger partial charge in [-0.2, -0.15) is 5.01 Å². The second-order valence-corrected chi connectivity index (χ2v) is 15.8. The average molecular weight is 819 g/mol. The Kier molecular flexibility index (Phi) is 8.75. The van der Waals surface area contributed by atoms with E-state index in [4.69, 9.17) is 27.9 Å². The predicted molar refractivity (Wildman–Crippen MR) is 214 cm³/mol. The van der Waals surface area contributed by atoms with Crippen LogP contribution in [0.2, 0.25) is 10.0 Å². The monoisotopic (exact) mass is 817 g/mol. The number of hydrazine groups is 1. The number of carboxylic acid groups (broad SMARTS) is 1. The maximum absolute atomic E-state index is 15.6. The van der Waals surface area contributed by atoms with E-state index in [2.05, 4.69) is 5.43 Å². The molecule has 4 N–H and O–H groups in total. The summed E-state index contributed by atoms with van der Waals surface area (Å²) in [4.78, 5) is 72.1. The number of aromatic carboxylic acids is 1. The van der Waals surface area contributed by atoms with E-state index in [1.54, 1.807) is 54.6 Å². The quantitative estimate of drug-likeness (QED) is 0.0954. The summed E-state index contributed by atoms with van der Waals surface area (Å²) in [5, 5.41) is 34.9. The number of phenols is 2. The van der Waals surface area contributed by atoms with E-state index in [-0.39, 0.29) is 35.0 Å². The first-order chi connectivity index (χ1) is 27.9. The maximum Gasteiger partial charge on any atom is 0.339 e. The number of ether oxygens (including phenoxy) is 1. The Morgan fingerprint density at radius 2 is 1.62 bits per heavy atom. The van der Waals surface area contributed by atoms with Crippen LogP contribution in [0.3, 0.4) is 0 Å². The number of allylic oxidation sites excluding steroid dienone is 2. The Hall–Kier alpha value is -6.37. The third-order valence-electron chi connectivity index (χ3n) is 12.3. The summed E-state index contributed by atoms with van der Waals surface area (Å²) in [7, 11) is 1.51. The van der Waals surface area contributed by atoms with Crippen LogP contribution in [-0.2, 0) is 24.6 Å². The van der Waals surface area contributed by atoms with Crippen LogP contribution in [0.15, 0.2) is 109 Å². The van der Waals surface area contributed by atoms with Crippen molar-refractivity contribution >= 4 is 74.9 Å². The van der Waals surface area contributed by atoms with Crippen molar-refractivity contribution in [1.82, 2.24) is 5.01 Å². The molecule has 2 aliphatic heterocycles. The van der Waals surface area contributed by atoms with Crippen LogP contribution in [0.4, 0.5) is 11.4 Å². The molecule has 292 valence electrons. The molecule has 0 unspecified atom stereocenters. The second kappa shape index (κ2) is 13.6. The number of methoxy groups -OCH3 is 1. The fourth-order valence-corrected chi connectivity index (χ4v) is 10.2. The number of hydrogen-bond donors (Lipinski definition) is 4. The molecule has 4 aliphatic rings. The lowest BCUT2D eigenvalue weighted by molar-refractivity contribution is -0.138. The number of aromatic hydroxyl groups is 2. The molecule has 2 aliphatic carbocycles. The first-order valence-corrected chi connectivity index (χ1v) is 19.2. The van der Waals surface area contributed by atoms with Crippen molar-refractivity contribution in [1.29, 1.82) is 0 Å². The lowest BCUT2D eigenvalue weighted by atomic mass is 9.49. The number of carboxylic acids is 1. The molecule has 4 amide bonds. The van der Waals surface area contributed by atoms with Gasteiger partial charge in [0.1, 0.15) is 22.8 Å². The average Bonchev–Trinajstić information content (AvgIpc) is 3.59. The third kappa shape index (κ3) is 5.31. The van der Waals surface area contributed by atoms with Gasteiger partial charge in [0.25, 0.3) is 11.8 Å². The summed E-state index contributed by atoms with van der Waals surface area (Å²) in [5.74, 6) is -8.76. The number of anilines is 2. The molecule has 0 spiro atoms. The van der Waals surface area contributed by atoms with Crippen LogP contribution in [0.25, 0.3) is 10.8 Å². The van der Waals surface area contributed by atoms with Gasteiger partial charge >= 0.3 is 5.97 Å². The summed E-state index contributed by atoms with van der Waals surface area (Å²) in [6.07, 6.45) is 1.92. The van der Waals surface area contributed by atoms with E-state index >= 15 is 9.59 Å². The van der Waals surface area contributed by atoms with Gasteiger partial charge in [-0.05, 0) is 72.2 Å². The van der Waals surface area contributed by atoms with Crippen molar-refractivity contribution < 1.29 is 44.0 Å². The maximum atomic E-state index is 15.6. The Labute approximate surface area is 340 Å². The summed E-state index contributed by atoms with van der Waals surface area (Å²) < 4.78 is 5.47. The highest BCUT2D eigenvalue weighted by atomic mass is 35.5. The van der Waals surface area contributed by atoms with Gasteiger partial charge in [0.2, 0.25) is 11.8 Å². The van der Waals surface area contributed by atoms with Crippen LogP contribution in [0.5, 0.6) is 17.2 Å². The van der Waals surface area contributed by atoms with Crippen LogP contribution < -0.4 is 15.1 Å². The first-order valence-electron chi connectivity index (χ1n) is 18.5. The number of hydrogen-bond acceptors (Lipinski definition) is 9. The zero-order valence-corrected chi connectivity index (χ0v) is 32.1. The van der Waals surface area contributed by atoms with Crippen molar-refractivity contribution in [3.63, 3.8) is 0 Å². The molecule has 58 heavy (non-hydrogen) atoms. The Balaban J connectivity index is 1.25. The Morgan fingerprint density at radius 3 is 2.33 bits per heavy atom. The van der Waals surface area contributed by atoms with Crippen LogP contribution >= 0.6 is 23.2 Å². The zero-order chi connectivity index (χ0) is 40.8. The van der Waals surface area contributed by atoms with Gasteiger partial charge in [-0.1, -0.05) is 83.4 Å². The van der Waals surface area contributed by atoms with E-state index in [0.717, 1.165) is 27.4 Å². The molecule has 1 saturated carbocycles. The fourth-order valence-electron chi connectivity index (χ4n) is 9.79. The number of carbonyl (C=O) groups excluding carboxylic acids is 4. The minimum absolute atomic E-state index is 0.00269. The number of imide groups is 2. The van der Waals surface area contributed by atoms with Gasteiger partial charge in [0.15, 0.2) is 0 Å². The molecular weight excluding hydrogens is 785 g/mol. The topological polar surface area (TPSA) is 174 Å². The molecule has 0 radical (unpaired) electrons. The molecule has 2 saturated heterocycles. The molecule has 9 rings (SSSR count). The number of benzene rings is 5. The predicted octanol–water partition coefficient (Wildman–Crippen LogP) is 7.45. The molecule has 12 nitrogen and oxygen atoms in total. The number of halogens is 2. The van der Waals surface area contributed by atoms with Gasteiger partial charge in [-0.25, -0.2) is 9.69 Å². The third-order valence-corrected chi connectivity index (χ3v) is 12.8. The molecule has 2 heterocycles. The minimum Gasteiger partial charge on any atom is -0.507 e. The molecule has 6 atom stereocenters. The van der Waals surface area contributed by atoms with Crippen LogP contribution in [0.1, 0.15) is 40.2 Å². The minimum atomic E-state index is -1.70. The smallest absolute Gasteiger partial charge is 0.339 e. The molecule has 0 bridgehead atoms. The van der Waals surface area contributed by atoms with E-state index in [1.165, 1.54) is 19.2 Å². The van der Waals surface area contributed by atoms with Gasteiger partial charge in [-0.3, -0.25) is 24.6 Å². The highest BCUT2D eigenvalue weighted by Gasteiger charge is 2.70. The van der Waals surface area contributed by atoms with Crippen molar-refractivity contribution in [2.75, 3.05) is 17.4 Å². The van der Waals surface area contributed by atoms with E-state index < -0.39 is 75.9 Å². The molecule has 5 aromatic carbocycles. The van der Waals surface area contributed by atoms with Gasteiger partial charge < -0.3 is 20.1 Å². The fraction of sp³-hybridized carbons (Fsp3) is 0.205. The number of rotatable bonds is 7. The van der Waals surface area contributed by atoms with E-state index in [1.807, 2.05) is 24.3 Å². The molecule has 3 fully saturated rings. The van der Waals surface area contributed by atoms with Crippen molar-refractivity contribution in [2.45, 2.75) is 24.2 Å². The summed E-state index contributed by atoms with van der Waals surface area (Å²) >= 11 is 12.7. The van der Waals surface area contributed by atoms with Gasteiger partial charge in [0.05, 0.1) is 46.7 Å². The lowest BCUT2D eigenvalue weighted by Gasteiger charge is -2.50. The Morgan fingerprint density at radius 1 is 0.862 bits per heavy atom. The highest BCUT2D eigenvalue weighted by molar-refractivity contribution is 6.36. The van der Waals surface area contributed by atoms with Crippen LogP contribution in [-0.4, -0.2) is 57.0 Å². The molecule has 14 heteroatoms. The SMILES string of the molecule is COc1ccc([C@@]23C(=O)N(Nc4ccc(Cl)cc4Cl)C(=O)[C@@H]2C[C@@H]2C(=CC[C@@H]4C(=O)N(c5ccc(C(=O)O)c(O)c5)C(=O)[C@@H]42)[C@@H]3c2ccc3ccccc3c2O)cc1. The summed E-state index contributed by atoms with van der Waals surface area (Å²) in [6, 6.07) is 25.7. The van der Waals surface area contributed by atoms with Crippen LogP contribution in [0, 0.1) is 23.7 Å². The van der Waals surface area contributed by atoms with Crippen molar-refractivity contribution in [2.24, 2.45) is 23.7 Å². The van der Waals surface area contributed by atoms with Gasteiger partial charge in [0, 0.05) is 28.0 Å². The number of amides is 4. The summed E-state index contributed by atoms with van der Waals surface area (Å²) in [5.41, 5.74) is 2.53. The van der Waals surface area contributed by atoms with Gasteiger partial charge in [-0.15, -0.1) is 0 Å². The second-order valence-electron chi connectivity index (χ2n) is 15.0. The van der Waals surface area contributed by atoms with E-state index in [9.17, 15) is 29.7 Å². The summed E-state index contributed by atoms with van der Waals surface area (Å²) in [6.45, 7) is 0. The highest BCUT2D eigenvalue weighted by Crippen LogP contribution is 2.65. The zero-order valence-electron chi connectivity index (χ0n) is 30.6. The normalized spacial score (nSPS) is 25.0. The first kappa shape index (κ1) is 37.2. The number of phenolic OH excluding ortho intramolecular Hbond substituents is 1. The lowest BCUT2D eigenvalue weighted by Crippen LogP contribution is -2.53.